The predicted octanol–water partition coefficient (Wildman–Crippen LogP) is 5.60. The zero-order valence-corrected chi connectivity index (χ0v) is 19.4. The molecule has 154 valence electrons. The molecule has 30 heavy (non-hydrogen) atoms. The molecule has 0 unspecified atom stereocenters. The number of nitrogens with one attached hydrogen (secondary N) is 1. The van der Waals surface area contributed by atoms with Gasteiger partial charge in [0.15, 0.2) is 11.5 Å². The number of hydrazone groups is 1. The molecule has 0 aliphatic carbocycles. The molecule has 0 aromatic heterocycles. The molecule has 0 radical (unpaired) electrons. The number of hydrogen-bond acceptors (Lipinski definition) is 4. The Bertz CT molecular complexity index is 1070. The Morgan fingerprint density at radius 1 is 1.17 bits per heavy atom. The third kappa shape index (κ3) is 5.96. The van der Waals surface area contributed by atoms with Crippen LogP contribution in [0.15, 0.2) is 65.8 Å². The third-order valence-electron chi connectivity index (χ3n) is 4.21. The number of hydrogen-bond donors (Lipinski definition) is 1. The molecule has 3 aromatic carbocycles. The van der Waals surface area contributed by atoms with Crippen molar-refractivity contribution < 1.29 is 14.3 Å². The standard InChI is InChI=1S/C23H20ClIN2O3/c1-15-4-3-5-18(10-15)23(28)27-26-13-17-11-20(25)22(21(12-17)29-2)30-14-16-6-8-19(24)9-7-16/h3-13H,14H2,1-2H3,(H,27,28)/b26-13+. The van der Waals surface area contributed by atoms with Crippen LogP contribution in [0.4, 0.5) is 0 Å². The van der Waals surface area contributed by atoms with Gasteiger partial charge in [0.1, 0.15) is 6.61 Å². The molecule has 0 saturated carbocycles. The molecule has 0 bridgehead atoms. The van der Waals surface area contributed by atoms with E-state index in [4.69, 9.17) is 21.1 Å². The first-order valence-corrected chi connectivity index (χ1v) is 10.6. The Balaban J connectivity index is 1.69. The minimum absolute atomic E-state index is 0.264. The van der Waals surface area contributed by atoms with Gasteiger partial charge in [0.25, 0.3) is 5.91 Å². The molecule has 0 fully saturated rings. The summed E-state index contributed by atoms with van der Waals surface area (Å²) in [4.78, 5) is 12.2. The zero-order valence-electron chi connectivity index (χ0n) is 16.5. The quantitative estimate of drug-likeness (QED) is 0.244. The maximum atomic E-state index is 12.2. The van der Waals surface area contributed by atoms with Crippen LogP contribution in [0.25, 0.3) is 0 Å². The summed E-state index contributed by atoms with van der Waals surface area (Å²) in [6.45, 7) is 2.33. The van der Waals surface area contributed by atoms with Crippen molar-refractivity contribution in [3.63, 3.8) is 0 Å². The highest BCUT2D eigenvalue weighted by atomic mass is 127. The fraction of sp³-hybridized carbons (Fsp3) is 0.130. The number of halogens is 2. The van der Waals surface area contributed by atoms with Crippen LogP contribution in [0.1, 0.15) is 27.0 Å². The van der Waals surface area contributed by atoms with Crippen molar-refractivity contribution in [3.8, 4) is 11.5 Å². The lowest BCUT2D eigenvalue weighted by atomic mass is 10.1. The summed E-state index contributed by atoms with van der Waals surface area (Å²) in [7, 11) is 1.58. The van der Waals surface area contributed by atoms with E-state index in [0.717, 1.165) is 20.3 Å². The lowest BCUT2D eigenvalue weighted by Crippen LogP contribution is -2.17. The average molecular weight is 535 g/mol. The highest BCUT2D eigenvalue weighted by Gasteiger charge is 2.12. The third-order valence-corrected chi connectivity index (χ3v) is 5.26. The normalized spacial score (nSPS) is 10.8. The Labute approximate surface area is 194 Å². The van der Waals surface area contributed by atoms with Crippen LogP contribution in [0.2, 0.25) is 5.02 Å². The van der Waals surface area contributed by atoms with Gasteiger partial charge < -0.3 is 9.47 Å². The van der Waals surface area contributed by atoms with Crippen LogP contribution >= 0.6 is 34.2 Å². The Kier molecular flexibility index (Phi) is 7.70. The van der Waals surface area contributed by atoms with Crippen molar-refractivity contribution in [1.29, 1.82) is 0 Å². The topological polar surface area (TPSA) is 59.9 Å². The van der Waals surface area contributed by atoms with Crippen LogP contribution in [-0.2, 0) is 6.61 Å². The van der Waals surface area contributed by atoms with Gasteiger partial charge in [-0.15, -0.1) is 0 Å². The zero-order chi connectivity index (χ0) is 21.5. The summed E-state index contributed by atoms with van der Waals surface area (Å²) >= 11 is 8.11. The van der Waals surface area contributed by atoms with Crippen molar-refractivity contribution in [2.75, 3.05) is 7.11 Å². The first-order valence-electron chi connectivity index (χ1n) is 9.11. The number of benzene rings is 3. The van der Waals surface area contributed by atoms with Crippen LogP contribution < -0.4 is 14.9 Å². The van der Waals surface area contributed by atoms with E-state index < -0.39 is 0 Å². The number of amides is 1. The molecule has 3 rings (SSSR count). The number of aryl methyl sites for hydroxylation is 1. The van der Waals surface area contributed by atoms with Gasteiger partial charge in [0.2, 0.25) is 0 Å². The van der Waals surface area contributed by atoms with Crippen molar-refractivity contribution in [2.24, 2.45) is 5.10 Å². The summed E-state index contributed by atoms with van der Waals surface area (Å²) in [6.07, 6.45) is 1.57. The Morgan fingerprint density at radius 3 is 2.63 bits per heavy atom. The van der Waals surface area contributed by atoms with Gasteiger partial charge in [-0.05, 0) is 77.0 Å². The highest BCUT2D eigenvalue weighted by molar-refractivity contribution is 14.1. The highest BCUT2D eigenvalue weighted by Crippen LogP contribution is 2.34. The lowest BCUT2D eigenvalue weighted by molar-refractivity contribution is 0.0955. The number of carbonyl (C=O) groups is 1. The molecule has 1 amide bonds. The van der Waals surface area contributed by atoms with E-state index in [-0.39, 0.29) is 5.91 Å². The number of methoxy groups -OCH3 is 1. The van der Waals surface area contributed by atoms with Gasteiger partial charge in [-0.2, -0.15) is 5.10 Å². The van der Waals surface area contributed by atoms with E-state index >= 15 is 0 Å². The molecule has 0 aliphatic rings. The molecule has 0 atom stereocenters. The summed E-state index contributed by atoms with van der Waals surface area (Å²) in [5.74, 6) is 0.968. The van der Waals surface area contributed by atoms with Gasteiger partial charge in [-0.1, -0.05) is 41.4 Å². The first kappa shape index (κ1) is 22.1. The molecule has 0 saturated heterocycles. The fourth-order valence-corrected chi connectivity index (χ4v) is 3.61. The molecule has 7 heteroatoms. The second-order valence-corrected chi connectivity index (χ2v) is 8.12. The number of carbonyl (C=O) groups excluding carboxylic acids is 1. The molecule has 5 nitrogen and oxygen atoms in total. The van der Waals surface area contributed by atoms with E-state index in [0.29, 0.717) is 28.7 Å². The largest absolute Gasteiger partial charge is 0.493 e. The monoisotopic (exact) mass is 534 g/mol. The number of nitrogens with zero attached hydrogens (tertiary/aromatic N) is 1. The van der Waals surface area contributed by atoms with E-state index in [1.54, 1.807) is 19.4 Å². The Hall–Kier alpha value is -2.58. The number of ether oxygens (including phenoxy) is 2. The Morgan fingerprint density at radius 2 is 1.93 bits per heavy atom. The molecular weight excluding hydrogens is 515 g/mol. The van der Waals surface area contributed by atoms with Crippen LogP contribution in [0.3, 0.4) is 0 Å². The fourth-order valence-electron chi connectivity index (χ4n) is 2.71. The van der Waals surface area contributed by atoms with Gasteiger partial charge in [0.05, 0.1) is 16.9 Å². The second kappa shape index (κ2) is 10.4. The molecule has 3 aromatic rings. The summed E-state index contributed by atoms with van der Waals surface area (Å²) in [6, 6.07) is 18.5. The van der Waals surface area contributed by atoms with Crippen molar-refractivity contribution in [3.05, 3.63) is 91.5 Å². The molecule has 0 heterocycles. The van der Waals surface area contributed by atoms with Gasteiger partial charge >= 0.3 is 0 Å². The van der Waals surface area contributed by atoms with Crippen LogP contribution in [-0.4, -0.2) is 19.2 Å². The summed E-state index contributed by atoms with van der Waals surface area (Å²) in [5.41, 5.74) is 5.90. The maximum absolute atomic E-state index is 12.2. The second-order valence-electron chi connectivity index (χ2n) is 6.52. The van der Waals surface area contributed by atoms with Gasteiger partial charge in [0, 0.05) is 10.6 Å². The minimum atomic E-state index is -0.264. The SMILES string of the molecule is COc1cc(/C=N/NC(=O)c2cccc(C)c2)cc(I)c1OCc1ccc(Cl)cc1. The van der Waals surface area contributed by atoms with E-state index in [1.165, 1.54) is 0 Å². The first-order chi connectivity index (χ1) is 14.5. The van der Waals surface area contributed by atoms with E-state index in [1.807, 2.05) is 61.5 Å². The summed E-state index contributed by atoms with van der Waals surface area (Å²) in [5, 5.41) is 4.74. The van der Waals surface area contributed by atoms with Crippen molar-refractivity contribution in [1.82, 2.24) is 5.43 Å². The van der Waals surface area contributed by atoms with E-state index in [2.05, 4.69) is 33.1 Å². The molecule has 0 spiro atoms. The summed E-state index contributed by atoms with van der Waals surface area (Å²) < 4.78 is 12.3. The van der Waals surface area contributed by atoms with Crippen LogP contribution in [0, 0.1) is 10.5 Å². The average Bonchev–Trinajstić information content (AvgIpc) is 2.73. The van der Waals surface area contributed by atoms with Crippen LogP contribution in [0.5, 0.6) is 11.5 Å². The van der Waals surface area contributed by atoms with E-state index in [9.17, 15) is 4.79 Å². The molecule has 0 aliphatic heterocycles. The molecular formula is C23H20ClIN2O3. The smallest absolute Gasteiger partial charge is 0.271 e. The van der Waals surface area contributed by atoms with Gasteiger partial charge in [-0.3, -0.25) is 4.79 Å². The van der Waals surface area contributed by atoms with Crippen molar-refractivity contribution in [2.45, 2.75) is 13.5 Å². The van der Waals surface area contributed by atoms with Gasteiger partial charge in [-0.25, -0.2) is 5.43 Å². The predicted molar refractivity (Wildman–Crippen MR) is 128 cm³/mol. The maximum Gasteiger partial charge on any atom is 0.271 e. The molecule has 1 N–H and O–H groups in total. The minimum Gasteiger partial charge on any atom is -0.493 e. The lowest BCUT2D eigenvalue weighted by Gasteiger charge is -2.13. The van der Waals surface area contributed by atoms with Crippen molar-refractivity contribution >= 4 is 46.3 Å². The number of rotatable bonds is 7.